The summed E-state index contributed by atoms with van der Waals surface area (Å²) in [5, 5.41) is 2.60. The van der Waals surface area contributed by atoms with E-state index in [1.54, 1.807) is 24.3 Å². The number of benzene rings is 2. The SMILES string of the molecule is COc1ccccc1N(CC(=O)NCCOc1ccc(S(=O)(=O)N(C)C)cc1)S(C)(=O)=O. The van der Waals surface area contributed by atoms with Crippen molar-refractivity contribution in [2.45, 2.75) is 4.90 Å². The second-order valence-electron chi connectivity index (χ2n) is 6.90. The normalized spacial score (nSPS) is 11.8. The fourth-order valence-electron chi connectivity index (χ4n) is 2.68. The molecule has 0 fully saturated rings. The maximum absolute atomic E-state index is 12.3. The molecule has 12 heteroatoms. The van der Waals surface area contributed by atoms with Gasteiger partial charge in [-0.25, -0.2) is 21.1 Å². The summed E-state index contributed by atoms with van der Waals surface area (Å²) in [4.78, 5) is 12.5. The van der Waals surface area contributed by atoms with Crippen LogP contribution in [0.3, 0.4) is 0 Å². The zero-order valence-electron chi connectivity index (χ0n) is 18.3. The van der Waals surface area contributed by atoms with Crippen LogP contribution >= 0.6 is 0 Å². The summed E-state index contributed by atoms with van der Waals surface area (Å²) in [6.45, 7) is -0.185. The maximum Gasteiger partial charge on any atom is 0.242 e. The molecular weight excluding hydrogens is 458 g/mol. The fraction of sp³-hybridized carbons (Fsp3) is 0.350. The number of para-hydroxylation sites is 2. The Morgan fingerprint density at radius 3 is 2.19 bits per heavy atom. The highest BCUT2D eigenvalue weighted by Crippen LogP contribution is 2.29. The van der Waals surface area contributed by atoms with Gasteiger partial charge >= 0.3 is 0 Å². The number of methoxy groups -OCH3 is 1. The number of carbonyl (C=O) groups is 1. The number of amides is 1. The summed E-state index contributed by atoms with van der Waals surface area (Å²) < 4.78 is 61.3. The first-order valence-corrected chi connectivity index (χ1v) is 12.8. The molecule has 0 aliphatic rings. The van der Waals surface area contributed by atoms with Gasteiger partial charge in [-0.05, 0) is 36.4 Å². The first-order valence-electron chi connectivity index (χ1n) is 9.49. The second-order valence-corrected chi connectivity index (χ2v) is 11.0. The van der Waals surface area contributed by atoms with Crippen LogP contribution in [0.5, 0.6) is 11.5 Å². The Bertz CT molecular complexity index is 1130. The predicted octanol–water partition coefficient (Wildman–Crippen LogP) is 0.907. The van der Waals surface area contributed by atoms with E-state index in [9.17, 15) is 21.6 Å². The molecule has 0 atom stereocenters. The van der Waals surface area contributed by atoms with Crippen LogP contribution in [-0.4, -0.2) is 74.2 Å². The number of nitrogens with zero attached hydrogens (tertiary/aromatic N) is 2. The van der Waals surface area contributed by atoms with Gasteiger partial charge in [-0.3, -0.25) is 9.10 Å². The second kappa shape index (κ2) is 10.7. The van der Waals surface area contributed by atoms with Crippen molar-refractivity contribution in [1.29, 1.82) is 0 Å². The lowest BCUT2D eigenvalue weighted by molar-refractivity contribution is -0.119. The standard InChI is InChI=1S/C20H27N3O7S2/c1-22(2)32(27,28)17-11-9-16(10-12-17)30-14-13-21-20(24)15-23(31(4,25)26)18-7-5-6-8-19(18)29-3/h5-12H,13-15H2,1-4H3,(H,21,24). The molecule has 32 heavy (non-hydrogen) atoms. The van der Waals surface area contributed by atoms with E-state index in [0.717, 1.165) is 14.9 Å². The van der Waals surface area contributed by atoms with E-state index in [1.807, 2.05) is 0 Å². The molecule has 176 valence electrons. The van der Waals surface area contributed by atoms with Crippen molar-refractivity contribution in [3.63, 3.8) is 0 Å². The molecule has 0 spiro atoms. The molecular formula is C20H27N3O7S2. The average molecular weight is 486 g/mol. The van der Waals surface area contributed by atoms with Gasteiger partial charge in [0, 0.05) is 14.1 Å². The molecule has 0 bridgehead atoms. The van der Waals surface area contributed by atoms with Crippen LogP contribution < -0.4 is 19.1 Å². The topological polar surface area (TPSA) is 122 Å². The molecule has 1 amide bonds. The van der Waals surface area contributed by atoms with Gasteiger partial charge in [-0.2, -0.15) is 0 Å². The van der Waals surface area contributed by atoms with E-state index < -0.39 is 32.5 Å². The summed E-state index contributed by atoms with van der Waals surface area (Å²) >= 11 is 0. The minimum absolute atomic E-state index is 0.110. The van der Waals surface area contributed by atoms with Crippen molar-refractivity contribution < 1.29 is 31.1 Å². The molecule has 2 rings (SSSR count). The lowest BCUT2D eigenvalue weighted by Gasteiger charge is -2.23. The summed E-state index contributed by atoms with van der Waals surface area (Å²) in [5.41, 5.74) is 0.261. The number of rotatable bonds is 11. The summed E-state index contributed by atoms with van der Waals surface area (Å²) in [6, 6.07) is 12.4. The van der Waals surface area contributed by atoms with Crippen LogP contribution in [0, 0.1) is 0 Å². The van der Waals surface area contributed by atoms with Gasteiger partial charge in [0.05, 0.1) is 30.5 Å². The van der Waals surface area contributed by atoms with E-state index in [4.69, 9.17) is 9.47 Å². The van der Waals surface area contributed by atoms with Crippen molar-refractivity contribution in [1.82, 2.24) is 9.62 Å². The number of carbonyl (C=O) groups excluding carboxylic acids is 1. The summed E-state index contributed by atoms with van der Waals surface area (Å²) in [5.74, 6) is 0.245. The van der Waals surface area contributed by atoms with Gasteiger partial charge in [0.1, 0.15) is 24.7 Å². The van der Waals surface area contributed by atoms with Crippen molar-refractivity contribution in [2.75, 3.05) is 51.5 Å². The van der Waals surface area contributed by atoms with Crippen LogP contribution in [0.15, 0.2) is 53.4 Å². The molecule has 2 aromatic carbocycles. The quantitative estimate of drug-likeness (QED) is 0.469. The minimum atomic E-state index is -3.73. The highest BCUT2D eigenvalue weighted by Gasteiger charge is 2.23. The van der Waals surface area contributed by atoms with E-state index in [-0.39, 0.29) is 23.7 Å². The van der Waals surface area contributed by atoms with Crippen LogP contribution in [0.4, 0.5) is 5.69 Å². The summed E-state index contributed by atoms with van der Waals surface area (Å²) in [6.07, 6.45) is 1.01. The van der Waals surface area contributed by atoms with Crippen LogP contribution in [0.1, 0.15) is 0 Å². The fourth-order valence-corrected chi connectivity index (χ4v) is 4.44. The molecule has 1 N–H and O–H groups in total. The highest BCUT2D eigenvalue weighted by atomic mass is 32.2. The lowest BCUT2D eigenvalue weighted by Crippen LogP contribution is -2.41. The smallest absolute Gasteiger partial charge is 0.242 e. The predicted molar refractivity (Wildman–Crippen MR) is 121 cm³/mol. The van der Waals surface area contributed by atoms with Gasteiger partial charge in [-0.15, -0.1) is 0 Å². The molecule has 0 aliphatic carbocycles. The molecule has 0 saturated heterocycles. The van der Waals surface area contributed by atoms with Gasteiger partial charge in [0.15, 0.2) is 0 Å². The van der Waals surface area contributed by atoms with Crippen molar-refractivity contribution >= 4 is 31.6 Å². The number of anilines is 1. The molecule has 0 aromatic heterocycles. The largest absolute Gasteiger partial charge is 0.495 e. The van der Waals surface area contributed by atoms with Crippen molar-refractivity contribution in [3.05, 3.63) is 48.5 Å². The molecule has 10 nitrogen and oxygen atoms in total. The third kappa shape index (κ3) is 6.58. The Balaban J connectivity index is 1.92. The maximum atomic E-state index is 12.3. The third-order valence-corrected chi connectivity index (χ3v) is 7.29. The first kappa shape index (κ1) is 25.4. The van der Waals surface area contributed by atoms with Gasteiger partial charge in [0.25, 0.3) is 0 Å². The van der Waals surface area contributed by atoms with Crippen LogP contribution in [0.2, 0.25) is 0 Å². The summed E-state index contributed by atoms with van der Waals surface area (Å²) in [7, 11) is -2.95. The zero-order valence-corrected chi connectivity index (χ0v) is 19.9. The van der Waals surface area contributed by atoms with E-state index in [2.05, 4.69) is 5.32 Å². The van der Waals surface area contributed by atoms with Gasteiger partial charge < -0.3 is 14.8 Å². The Morgan fingerprint density at radius 1 is 1.00 bits per heavy atom. The average Bonchev–Trinajstić information content (AvgIpc) is 2.74. The van der Waals surface area contributed by atoms with Crippen LogP contribution in [-0.2, 0) is 24.8 Å². The molecule has 0 radical (unpaired) electrons. The van der Waals surface area contributed by atoms with Gasteiger partial charge in [-0.1, -0.05) is 12.1 Å². The molecule has 0 saturated carbocycles. The first-order chi connectivity index (χ1) is 15.0. The Kier molecular flexibility index (Phi) is 8.47. The zero-order chi connectivity index (χ0) is 23.9. The van der Waals surface area contributed by atoms with Gasteiger partial charge in [0.2, 0.25) is 26.0 Å². The number of ether oxygens (including phenoxy) is 2. The minimum Gasteiger partial charge on any atom is -0.495 e. The number of hydrogen-bond donors (Lipinski definition) is 1. The Labute approximate surface area is 188 Å². The molecule has 2 aromatic rings. The highest BCUT2D eigenvalue weighted by molar-refractivity contribution is 7.92. The number of sulfonamides is 2. The Morgan fingerprint density at radius 2 is 1.62 bits per heavy atom. The molecule has 0 unspecified atom stereocenters. The molecule has 0 aliphatic heterocycles. The van der Waals surface area contributed by atoms with Crippen molar-refractivity contribution in [2.24, 2.45) is 0 Å². The third-order valence-electron chi connectivity index (χ3n) is 4.34. The van der Waals surface area contributed by atoms with Crippen molar-refractivity contribution in [3.8, 4) is 11.5 Å². The van der Waals surface area contributed by atoms with E-state index in [1.165, 1.54) is 45.5 Å². The number of nitrogens with one attached hydrogen (secondary N) is 1. The van der Waals surface area contributed by atoms with E-state index >= 15 is 0 Å². The monoisotopic (exact) mass is 485 g/mol. The van der Waals surface area contributed by atoms with Crippen LogP contribution in [0.25, 0.3) is 0 Å². The Hall–Kier alpha value is -2.83. The van der Waals surface area contributed by atoms with E-state index in [0.29, 0.717) is 11.5 Å². The molecule has 0 heterocycles. The number of hydrogen-bond acceptors (Lipinski definition) is 7. The lowest BCUT2D eigenvalue weighted by atomic mass is 10.3.